The zero-order valence-corrected chi connectivity index (χ0v) is 7.59. The fourth-order valence-electron chi connectivity index (χ4n) is 0.710. The van der Waals surface area contributed by atoms with Crippen LogP contribution in [0.4, 0.5) is 10.2 Å². The van der Waals surface area contributed by atoms with Crippen molar-refractivity contribution >= 4 is 18.0 Å². The average Bonchev–Trinajstić information content (AvgIpc) is 2.20. The van der Waals surface area contributed by atoms with Crippen molar-refractivity contribution in [1.82, 2.24) is 4.98 Å². The molecule has 0 saturated carbocycles. The van der Waals surface area contributed by atoms with E-state index in [4.69, 9.17) is 10.8 Å². The molecular formula is C9H8FN3O2. The zero-order valence-electron chi connectivity index (χ0n) is 7.59. The fourth-order valence-corrected chi connectivity index (χ4v) is 0.710. The van der Waals surface area contributed by atoms with Crippen LogP contribution in [-0.4, -0.2) is 22.3 Å². The highest BCUT2D eigenvalue weighted by molar-refractivity contribution is 5.91. The number of carboxylic acid groups (broad SMARTS) is 1. The maximum atomic E-state index is 12.4. The third-order valence-electron chi connectivity index (χ3n) is 1.42. The van der Waals surface area contributed by atoms with Gasteiger partial charge in [-0.25, -0.2) is 19.2 Å². The summed E-state index contributed by atoms with van der Waals surface area (Å²) in [6.45, 7) is 0. The van der Waals surface area contributed by atoms with Gasteiger partial charge in [0.15, 0.2) is 5.82 Å². The van der Waals surface area contributed by atoms with E-state index in [9.17, 15) is 9.18 Å². The highest BCUT2D eigenvalue weighted by Gasteiger charge is 1.97. The molecule has 0 amide bonds. The van der Waals surface area contributed by atoms with Crippen LogP contribution >= 0.6 is 0 Å². The van der Waals surface area contributed by atoms with Gasteiger partial charge in [-0.3, -0.25) is 0 Å². The molecule has 1 aromatic rings. The second-order valence-corrected chi connectivity index (χ2v) is 2.54. The van der Waals surface area contributed by atoms with E-state index in [2.05, 4.69) is 9.98 Å². The van der Waals surface area contributed by atoms with E-state index in [1.807, 2.05) is 0 Å². The van der Waals surface area contributed by atoms with Crippen LogP contribution < -0.4 is 5.73 Å². The Morgan fingerprint density at radius 3 is 2.87 bits per heavy atom. The molecule has 0 aliphatic carbocycles. The molecule has 0 spiro atoms. The van der Waals surface area contributed by atoms with Gasteiger partial charge in [-0.05, 0) is 18.2 Å². The lowest BCUT2D eigenvalue weighted by Crippen LogP contribution is -2.09. The van der Waals surface area contributed by atoms with E-state index in [1.165, 1.54) is 18.3 Å². The van der Waals surface area contributed by atoms with E-state index in [0.29, 0.717) is 0 Å². The van der Waals surface area contributed by atoms with Gasteiger partial charge in [0, 0.05) is 6.21 Å². The van der Waals surface area contributed by atoms with Gasteiger partial charge in [-0.2, -0.15) is 0 Å². The molecule has 15 heavy (non-hydrogen) atoms. The van der Waals surface area contributed by atoms with E-state index in [1.54, 1.807) is 0 Å². The Labute approximate surface area is 84.8 Å². The van der Waals surface area contributed by atoms with Crippen molar-refractivity contribution in [2.24, 2.45) is 10.7 Å². The van der Waals surface area contributed by atoms with Crippen LogP contribution in [-0.2, 0) is 4.79 Å². The molecule has 6 heteroatoms. The lowest BCUT2D eigenvalue weighted by molar-refractivity contribution is -0.132. The first kappa shape index (κ1) is 10.8. The Kier molecular flexibility index (Phi) is 3.50. The van der Waals surface area contributed by atoms with Crippen molar-refractivity contribution in [3.8, 4) is 0 Å². The Morgan fingerprint density at radius 2 is 2.33 bits per heavy atom. The van der Waals surface area contributed by atoms with Gasteiger partial charge >= 0.3 is 5.97 Å². The molecule has 1 aromatic heterocycles. The monoisotopic (exact) mass is 209 g/mol. The van der Waals surface area contributed by atoms with Gasteiger partial charge in [-0.1, -0.05) is 0 Å². The SMILES string of the molecule is NC(=CC=Nc1ccc(F)cn1)C(=O)O. The molecule has 0 atom stereocenters. The van der Waals surface area contributed by atoms with Crippen LogP contribution in [0.2, 0.25) is 0 Å². The Hall–Kier alpha value is -2.24. The summed E-state index contributed by atoms with van der Waals surface area (Å²) in [6, 6.07) is 2.56. The highest BCUT2D eigenvalue weighted by Crippen LogP contribution is 2.06. The zero-order chi connectivity index (χ0) is 11.3. The van der Waals surface area contributed by atoms with Gasteiger partial charge < -0.3 is 10.8 Å². The number of nitrogens with two attached hydrogens (primary N) is 1. The molecule has 1 heterocycles. The number of carboxylic acids is 1. The summed E-state index contributed by atoms with van der Waals surface area (Å²) in [5.41, 5.74) is 4.76. The van der Waals surface area contributed by atoms with Crippen molar-refractivity contribution in [1.29, 1.82) is 0 Å². The molecule has 5 nitrogen and oxygen atoms in total. The second kappa shape index (κ2) is 4.85. The lowest BCUT2D eigenvalue weighted by Gasteiger charge is -1.91. The van der Waals surface area contributed by atoms with Crippen LogP contribution in [0.25, 0.3) is 0 Å². The Bertz CT molecular complexity index is 412. The molecule has 0 aliphatic heterocycles. The molecule has 0 bridgehead atoms. The van der Waals surface area contributed by atoms with Crippen LogP contribution in [0.15, 0.2) is 35.1 Å². The molecule has 0 aliphatic rings. The predicted molar refractivity (Wildman–Crippen MR) is 52.3 cm³/mol. The minimum Gasteiger partial charge on any atom is -0.477 e. The number of halogens is 1. The number of allylic oxidation sites excluding steroid dienone is 1. The first-order valence-corrected chi connectivity index (χ1v) is 3.94. The number of aliphatic carboxylic acids is 1. The van der Waals surface area contributed by atoms with Crippen molar-refractivity contribution in [3.63, 3.8) is 0 Å². The lowest BCUT2D eigenvalue weighted by atomic mass is 10.4. The molecule has 0 fully saturated rings. The maximum absolute atomic E-state index is 12.4. The number of aromatic nitrogens is 1. The molecule has 78 valence electrons. The van der Waals surface area contributed by atoms with E-state index in [-0.39, 0.29) is 11.5 Å². The third kappa shape index (κ3) is 3.55. The van der Waals surface area contributed by atoms with Gasteiger partial charge in [0.25, 0.3) is 0 Å². The van der Waals surface area contributed by atoms with E-state index >= 15 is 0 Å². The van der Waals surface area contributed by atoms with Crippen molar-refractivity contribution < 1.29 is 14.3 Å². The Morgan fingerprint density at radius 1 is 1.60 bits per heavy atom. The quantitative estimate of drug-likeness (QED) is 0.570. The maximum Gasteiger partial charge on any atom is 0.351 e. The number of aliphatic imine (C=N–C) groups is 1. The normalized spacial score (nSPS) is 11.9. The van der Waals surface area contributed by atoms with Crippen molar-refractivity contribution in [2.75, 3.05) is 0 Å². The summed E-state index contributed by atoms with van der Waals surface area (Å²) in [6.07, 6.45) is 3.31. The number of hydrogen-bond donors (Lipinski definition) is 2. The number of pyridine rings is 1. The van der Waals surface area contributed by atoms with Crippen molar-refractivity contribution in [3.05, 3.63) is 35.9 Å². The molecule has 1 rings (SSSR count). The van der Waals surface area contributed by atoms with Crippen LogP contribution in [0.5, 0.6) is 0 Å². The molecule has 0 radical (unpaired) electrons. The van der Waals surface area contributed by atoms with Crippen molar-refractivity contribution in [2.45, 2.75) is 0 Å². The van der Waals surface area contributed by atoms with Gasteiger partial charge in [-0.15, -0.1) is 0 Å². The fraction of sp³-hybridized carbons (Fsp3) is 0. The number of rotatable bonds is 3. The topological polar surface area (TPSA) is 88.6 Å². The Balaban J connectivity index is 2.70. The van der Waals surface area contributed by atoms with Crippen LogP contribution in [0.1, 0.15) is 0 Å². The summed E-state index contributed by atoms with van der Waals surface area (Å²) in [4.78, 5) is 17.6. The third-order valence-corrected chi connectivity index (χ3v) is 1.42. The number of hydrogen-bond acceptors (Lipinski definition) is 4. The average molecular weight is 209 g/mol. The highest BCUT2D eigenvalue weighted by atomic mass is 19.1. The smallest absolute Gasteiger partial charge is 0.351 e. The van der Waals surface area contributed by atoms with Crippen LogP contribution in [0, 0.1) is 5.82 Å². The first-order valence-electron chi connectivity index (χ1n) is 3.94. The largest absolute Gasteiger partial charge is 0.477 e. The van der Waals surface area contributed by atoms with Crippen LogP contribution in [0.3, 0.4) is 0 Å². The first-order chi connectivity index (χ1) is 7.09. The molecular weight excluding hydrogens is 201 g/mol. The minimum absolute atomic E-state index is 0.269. The van der Waals surface area contributed by atoms with Gasteiger partial charge in [0.1, 0.15) is 11.5 Å². The molecule has 3 N–H and O–H groups in total. The summed E-state index contributed by atoms with van der Waals surface area (Å²) in [7, 11) is 0. The minimum atomic E-state index is -1.23. The standard InChI is InChI=1S/C9H8FN3O2/c10-6-1-2-8(13-5-6)12-4-3-7(11)9(14)15/h1-5H,11H2,(H,14,15). The van der Waals surface area contributed by atoms with E-state index < -0.39 is 11.8 Å². The second-order valence-electron chi connectivity index (χ2n) is 2.54. The summed E-state index contributed by atoms with van der Waals surface area (Å²) in [5, 5.41) is 8.40. The summed E-state index contributed by atoms with van der Waals surface area (Å²) >= 11 is 0. The molecule has 0 unspecified atom stereocenters. The summed E-state index contributed by atoms with van der Waals surface area (Å²) < 4.78 is 12.4. The molecule has 0 saturated heterocycles. The van der Waals surface area contributed by atoms with Gasteiger partial charge in [0.2, 0.25) is 0 Å². The number of carbonyl (C=O) groups is 1. The molecule has 0 aromatic carbocycles. The van der Waals surface area contributed by atoms with E-state index in [0.717, 1.165) is 12.3 Å². The number of nitrogens with zero attached hydrogens (tertiary/aromatic N) is 2. The van der Waals surface area contributed by atoms with Gasteiger partial charge in [0.05, 0.1) is 6.20 Å². The predicted octanol–water partition coefficient (Wildman–Crippen LogP) is 0.850. The summed E-state index contributed by atoms with van der Waals surface area (Å²) in [5.74, 6) is -1.42.